The van der Waals surface area contributed by atoms with Crippen LogP contribution in [0.1, 0.15) is 34.5 Å². The lowest BCUT2D eigenvalue weighted by Crippen LogP contribution is -2.38. The average Bonchev–Trinajstić information content (AvgIpc) is 3.07. The summed E-state index contributed by atoms with van der Waals surface area (Å²) < 4.78 is 11.0. The predicted octanol–water partition coefficient (Wildman–Crippen LogP) is 3.24. The van der Waals surface area contributed by atoms with Gasteiger partial charge in [0.05, 0.1) is 6.04 Å². The van der Waals surface area contributed by atoms with Crippen LogP contribution in [0.5, 0.6) is 11.5 Å². The number of nitrogens with zero attached hydrogens (tertiary/aromatic N) is 2. The number of benzene rings is 2. The van der Waals surface area contributed by atoms with Crippen molar-refractivity contribution in [3.63, 3.8) is 0 Å². The zero-order valence-electron chi connectivity index (χ0n) is 14.8. The molecule has 1 amide bonds. The Hall–Kier alpha value is -2.69. The molecule has 0 spiro atoms. The Morgan fingerprint density at radius 3 is 2.68 bits per heavy atom. The molecule has 1 unspecified atom stereocenters. The monoisotopic (exact) mass is 338 g/mol. The highest BCUT2D eigenvalue weighted by Crippen LogP contribution is 2.40. The van der Waals surface area contributed by atoms with Crippen LogP contribution >= 0.6 is 0 Å². The van der Waals surface area contributed by atoms with E-state index in [9.17, 15) is 4.79 Å². The summed E-state index contributed by atoms with van der Waals surface area (Å²) in [5, 5.41) is 0. The molecule has 0 fully saturated rings. The minimum atomic E-state index is 0.00811. The first-order valence-electron chi connectivity index (χ1n) is 8.55. The second kappa shape index (κ2) is 5.99. The third-order valence-corrected chi connectivity index (χ3v) is 5.04. The maximum Gasteiger partial charge on any atom is 0.254 e. The van der Waals surface area contributed by atoms with Crippen LogP contribution < -0.4 is 14.4 Å². The highest BCUT2D eigenvalue weighted by Gasteiger charge is 2.30. The first kappa shape index (κ1) is 15.8. The number of amides is 1. The smallest absolute Gasteiger partial charge is 0.254 e. The van der Waals surface area contributed by atoms with Gasteiger partial charge in [-0.3, -0.25) is 4.79 Å². The van der Waals surface area contributed by atoms with Gasteiger partial charge in [-0.2, -0.15) is 0 Å². The van der Waals surface area contributed by atoms with Gasteiger partial charge in [0.1, 0.15) is 0 Å². The lowest BCUT2D eigenvalue weighted by molar-refractivity contribution is 0.0677. The third-order valence-electron chi connectivity index (χ3n) is 5.04. The van der Waals surface area contributed by atoms with Crippen molar-refractivity contribution in [1.29, 1.82) is 0 Å². The van der Waals surface area contributed by atoms with Gasteiger partial charge < -0.3 is 19.3 Å². The average molecular weight is 338 g/mol. The van der Waals surface area contributed by atoms with Gasteiger partial charge in [0.25, 0.3) is 5.91 Å². The molecule has 0 radical (unpaired) electrons. The van der Waals surface area contributed by atoms with E-state index < -0.39 is 0 Å². The standard InChI is InChI=1S/C20H22N2O3/c1-13-17-11-19-18(24-12-25-19)10-14(17)7-8-22(13)20(23)15-5-4-6-16(9-15)21(2)3/h4-6,9-11,13H,7-8,12H2,1-3H3. The van der Waals surface area contributed by atoms with Crippen molar-refractivity contribution in [2.75, 3.05) is 32.3 Å². The van der Waals surface area contributed by atoms with Crippen LogP contribution in [0.15, 0.2) is 36.4 Å². The highest BCUT2D eigenvalue weighted by molar-refractivity contribution is 5.95. The largest absolute Gasteiger partial charge is 0.454 e. The van der Waals surface area contributed by atoms with Gasteiger partial charge in [0, 0.05) is 31.9 Å². The number of carbonyl (C=O) groups is 1. The van der Waals surface area contributed by atoms with Crippen LogP contribution in [-0.4, -0.2) is 38.2 Å². The van der Waals surface area contributed by atoms with E-state index >= 15 is 0 Å². The summed E-state index contributed by atoms with van der Waals surface area (Å²) in [5.74, 6) is 1.65. The van der Waals surface area contributed by atoms with E-state index in [-0.39, 0.29) is 18.7 Å². The summed E-state index contributed by atoms with van der Waals surface area (Å²) in [6, 6.07) is 11.9. The van der Waals surface area contributed by atoms with Crippen molar-refractivity contribution in [2.45, 2.75) is 19.4 Å². The van der Waals surface area contributed by atoms with Gasteiger partial charge in [-0.05, 0) is 54.8 Å². The summed E-state index contributed by atoms with van der Waals surface area (Å²) in [4.78, 5) is 17.0. The molecule has 0 saturated heterocycles. The Morgan fingerprint density at radius 1 is 1.16 bits per heavy atom. The van der Waals surface area contributed by atoms with E-state index in [0.717, 1.165) is 34.7 Å². The van der Waals surface area contributed by atoms with Crippen molar-refractivity contribution in [3.8, 4) is 11.5 Å². The third kappa shape index (κ3) is 2.69. The lowest BCUT2D eigenvalue weighted by Gasteiger charge is -2.35. The molecule has 0 N–H and O–H groups in total. The molecule has 2 aromatic rings. The van der Waals surface area contributed by atoms with Crippen molar-refractivity contribution in [2.24, 2.45) is 0 Å². The number of hydrogen-bond acceptors (Lipinski definition) is 4. The Balaban J connectivity index is 1.64. The van der Waals surface area contributed by atoms with Gasteiger partial charge >= 0.3 is 0 Å². The minimum absolute atomic E-state index is 0.00811. The molecule has 4 rings (SSSR count). The van der Waals surface area contributed by atoms with Crippen molar-refractivity contribution in [3.05, 3.63) is 53.1 Å². The predicted molar refractivity (Wildman–Crippen MR) is 96.5 cm³/mol. The molecule has 130 valence electrons. The number of fused-ring (bicyclic) bond motifs is 2. The number of hydrogen-bond donors (Lipinski definition) is 0. The molecule has 2 aliphatic heterocycles. The highest BCUT2D eigenvalue weighted by atomic mass is 16.7. The molecule has 0 bridgehead atoms. The lowest BCUT2D eigenvalue weighted by atomic mass is 9.92. The number of rotatable bonds is 2. The fourth-order valence-electron chi connectivity index (χ4n) is 3.57. The Bertz CT molecular complexity index is 832. The SMILES string of the molecule is CC1c2cc3c(cc2CCN1C(=O)c1cccc(N(C)C)c1)OCO3. The summed E-state index contributed by atoms with van der Waals surface area (Å²) >= 11 is 0. The molecule has 5 nitrogen and oxygen atoms in total. The molecule has 2 aromatic carbocycles. The number of ether oxygens (including phenoxy) is 2. The molecule has 1 atom stereocenters. The van der Waals surface area contributed by atoms with Crippen molar-refractivity contribution >= 4 is 11.6 Å². The van der Waals surface area contributed by atoms with Crippen LogP contribution in [0.25, 0.3) is 0 Å². The van der Waals surface area contributed by atoms with Crippen LogP contribution in [0.2, 0.25) is 0 Å². The Kier molecular flexibility index (Phi) is 3.79. The summed E-state index contributed by atoms with van der Waals surface area (Å²) in [5.41, 5.74) is 4.14. The molecule has 2 heterocycles. The quantitative estimate of drug-likeness (QED) is 0.843. The zero-order valence-corrected chi connectivity index (χ0v) is 14.8. The maximum atomic E-state index is 13.1. The topological polar surface area (TPSA) is 42.0 Å². The molecular weight excluding hydrogens is 316 g/mol. The summed E-state index contributed by atoms with van der Waals surface area (Å²) in [6.07, 6.45) is 0.829. The van der Waals surface area contributed by atoms with Gasteiger partial charge in [0.15, 0.2) is 11.5 Å². The Labute approximate surface area is 147 Å². The van der Waals surface area contributed by atoms with Gasteiger partial charge in [-0.15, -0.1) is 0 Å². The van der Waals surface area contributed by atoms with Gasteiger partial charge in [-0.25, -0.2) is 0 Å². The zero-order chi connectivity index (χ0) is 17.6. The summed E-state index contributed by atoms with van der Waals surface area (Å²) in [7, 11) is 3.96. The molecule has 5 heteroatoms. The van der Waals surface area contributed by atoms with E-state index in [2.05, 4.69) is 13.0 Å². The fourth-order valence-corrected chi connectivity index (χ4v) is 3.57. The first-order chi connectivity index (χ1) is 12.0. The molecular formula is C20H22N2O3. The minimum Gasteiger partial charge on any atom is -0.454 e. The fraction of sp³-hybridized carbons (Fsp3) is 0.350. The Morgan fingerprint density at radius 2 is 1.92 bits per heavy atom. The van der Waals surface area contributed by atoms with Crippen LogP contribution in [-0.2, 0) is 6.42 Å². The van der Waals surface area contributed by atoms with Crippen LogP contribution in [0, 0.1) is 0 Å². The second-order valence-electron chi connectivity index (χ2n) is 6.77. The van der Waals surface area contributed by atoms with Crippen molar-refractivity contribution in [1.82, 2.24) is 4.90 Å². The second-order valence-corrected chi connectivity index (χ2v) is 6.77. The number of carbonyl (C=O) groups excluding carboxylic acids is 1. The molecule has 0 aromatic heterocycles. The molecule has 0 aliphatic carbocycles. The van der Waals surface area contributed by atoms with Crippen LogP contribution in [0.4, 0.5) is 5.69 Å². The normalized spacial score (nSPS) is 18.0. The number of anilines is 1. The van der Waals surface area contributed by atoms with Gasteiger partial charge in [-0.1, -0.05) is 6.07 Å². The maximum absolute atomic E-state index is 13.1. The van der Waals surface area contributed by atoms with E-state index in [1.54, 1.807) is 0 Å². The molecule has 0 saturated carbocycles. The molecule has 25 heavy (non-hydrogen) atoms. The first-order valence-corrected chi connectivity index (χ1v) is 8.55. The van der Waals surface area contributed by atoms with E-state index in [1.165, 1.54) is 5.56 Å². The summed E-state index contributed by atoms with van der Waals surface area (Å²) in [6.45, 7) is 3.05. The van der Waals surface area contributed by atoms with E-state index in [4.69, 9.17) is 9.47 Å². The molecule has 2 aliphatic rings. The van der Waals surface area contributed by atoms with Gasteiger partial charge in [0.2, 0.25) is 6.79 Å². The van der Waals surface area contributed by atoms with E-state index in [1.807, 2.05) is 54.2 Å². The van der Waals surface area contributed by atoms with Crippen molar-refractivity contribution < 1.29 is 14.3 Å². The van der Waals surface area contributed by atoms with E-state index in [0.29, 0.717) is 6.54 Å². The van der Waals surface area contributed by atoms with Crippen LogP contribution in [0.3, 0.4) is 0 Å².